The van der Waals surface area contributed by atoms with Crippen molar-refractivity contribution in [3.05, 3.63) is 70.6 Å². The summed E-state index contributed by atoms with van der Waals surface area (Å²) >= 11 is 5.29. The topological polar surface area (TPSA) is 111 Å². The first-order chi connectivity index (χ1) is 13.2. The summed E-state index contributed by atoms with van der Waals surface area (Å²) < 4.78 is 25.9. The highest BCUT2D eigenvalue weighted by Gasteiger charge is 2.17. The number of sulfonamides is 1. The summed E-state index contributed by atoms with van der Waals surface area (Å²) in [6.07, 6.45) is 0. The van der Waals surface area contributed by atoms with Crippen LogP contribution in [0.2, 0.25) is 0 Å². The molecule has 146 valence electrons. The number of nitrogens with two attached hydrogens (primary N) is 1. The predicted octanol–water partition coefficient (Wildman–Crippen LogP) is 1.94. The minimum absolute atomic E-state index is 0.00146. The molecule has 3 aromatic rings. The minimum atomic E-state index is -3.76. The first-order valence-corrected chi connectivity index (χ1v) is 10.2. The van der Waals surface area contributed by atoms with E-state index < -0.39 is 10.0 Å². The number of thiocarbonyl (C=S) groups is 1. The summed E-state index contributed by atoms with van der Waals surface area (Å²) in [5.74, 6) is 0. The van der Waals surface area contributed by atoms with Crippen LogP contribution in [0.25, 0.3) is 5.69 Å². The molecule has 0 aliphatic rings. The zero-order chi connectivity index (χ0) is 20.5. The molecule has 28 heavy (non-hydrogen) atoms. The molecule has 0 bridgehead atoms. The van der Waals surface area contributed by atoms with Crippen molar-refractivity contribution in [2.24, 2.45) is 12.2 Å². The van der Waals surface area contributed by atoms with Crippen LogP contribution in [0.15, 0.2) is 64.3 Å². The number of nitrogens with zero attached hydrogens (tertiary/aromatic N) is 2. The first kappa shape index (κ1) is 19.8. The third-order valence-electron chi connectivity index (χ3n) is 4.23. The van der Waals surface area contributed by atoms with Crippen LogP contribution in [0.5, 0.6) is 0 Å². The molecule has 0 spiro atoms. The summed E-state index contributed by atoms with van der Waals surface area (Å²) in [5.41, 5.74) is 2.12. The van der Waals surface area contributed by atoms with Gasteiger partial charge >= 0.3 is 0 Å². The van der Waals surface area contributed by atoms with Crippen LogP contribution in [0, 0.1) is 6.92 Å². The fraction of sp³-hybridized carbons (Fsp3) is 0.111. The second-order valence-corrected chi connectivity index (χ2v) is 8.05. The molecule has 0 amide bonds. The van der Waals surface area contributed by atoms with Gasteiger partial charge in [-0.2, -0.15) is 0 Å². The Bertz CT molecular complexity index is 1180. The van der Waals surface area contributed by atoms with Gasteiger partial charge in [-0.1, -0.05) is 18.2 Å². The van der Waals surface area contributed by atoms with Gasteiger partial charge in [0.05, 0.1) is 16.3 Å². The Kier molecular flexibility index (Phi) is 5.36. The molecule has 3 rings (SSSR count). The van der Waals surface area contributed by atoms with E-state index in [0.29, 0.717) is 17.1 Å². The summed E-state index contributed by atoms with van der Waals surface area (Å²) in [6.45, 7) is 1.81. The van der Waals surface area contributed by atoms with Gasteiger partial charge in [0.1, 0.15) is 5.69 Å². The molecule has 0 radical (unpaired) electrons. The van der Waals surface area contributed by atoms with E-state index in [1.165, 1.54) is 24.3 Å². The third kappa shape index (κ3) is 3.98. The molecule has 0 aliphatic carbocycles. The van der Waals surface area contributed by atoms with Gasteiger partial charge in [-0.25, -0.2) is 18.2 Å². The SMILES string of the molecule is Cc1c(NC(=S)Nc2ccc(S(N)(=O)=O)cc2)c(=O)n(-c2ccccc2)n1C. The van der Waals surface area contributed by atoms with Gasteiger partial charge in [-0.3, -0.25) is 9.48 Å². The van der Waals surface area contributed by atoms with Crippen molar-refractivity contribution >= 4 is 38.7 Å². The van der Waals surface area contributed by atoms with Crippen molar-refractivity contribution in [2.45, 2.75) is 11.8 Å². The number of hydrogen-bond acceptors (Lipinski definition) is 4. The molecule has 0 unspecified atom stereocenters. The molecule has 0 saturated carbocycles. The lowest BCUT2D eigenvalue weighted by atomic mass is 10.3. The van der Waals surface area contributed by atoms with Gasteiger partial charge in [-0.05, 0) is 55.5 Å². The predicted molar refractivity (Wildman–Crippen MR) is 113 cm³/mol. The second-order valence-electron chi connectivity index (χ2n) is 6.09. The van der Waals surface area contributed by atoms with Gasteiger partial charge in [-0.15, -0.1) is 0 Å². The number of benzene rings is 2. The van der Waals surface area contributed by atoms with Crippen molar-refractivity contribution < 1.29 is 8.42 Å². The van der Waals surface area contributed by atoms with E-state index in [4.69, 9.17) is 17.4 Å². The standard InChI is InChI=1S/C18H19N5O3S2/c1-12-16(17(24)23(22(12)2)14-6-4-3-5-7-14)21-18(27)20-13-8-10-15(11-9-13)28(19,25)26/h3-11H,1-2H3,(H2,19,25,26)(H2,20,21,27). The average Bonchev–Trinajstić information content (AvgIpc) is 2.85. The fourth-order valence-electron chi connectivity index (χ4n) is 2.72. The largest absolute Gasteiger partial charge is 0.332 e. The average molecular weight is 418 g/mol. The van der Waals surface area contributed by atoms with E-state index >= 15 is 0 Å². The van der Waals surface area contributed by atoms with E-state index in [2.05, 4.69) is 10.6 Å². The molecule has 4 N–H and O–H groups in total. The fourth-order valence-corrected chi connectivity index (χ4v) is 3.45. The molecule has 1 aromatic heterocycles. The van der Waals surface area contributed by atoms with Crippen molar-refractivity contribution in [3.8, 4) is 5.69 Å². The molecular weight excluding hydrogens is 398 g/mol. The van der Waals surface area contributed by atoms with Crippen molar-refractivity contribution in [2.75, 3.05) is 10.6 Å². The van der Waals surface area contributed by atoms with Crippen molar-refractivity contribution in [1.29, 1.82) is 0 Å². The van der Waals surface area contributed by atoms with Crippen LogP contribution in [0.4, 0.5) is 11.4 Å². The maximum Gasteiger partial charge on any atom is 0.295 e. The Morgan fingerprint density at radius 3 is 2.21 bits per heavy atom. The van der Waals surface area contributed by atoms with E-state index in [-0.39, 0.29) is 15.6 Å². The maximum atomic E-state index is 12.9. The van der Waals surface area contributed by atoms with Gasteiger partial charge in [0.2, 0.25) is 10.0 Å². The lowest BCUT2D eigenvalue weighted by Crippen LogP contribution is -2.25. The number of para-hydroxylation sites is 1. The lowest BCUT2D eigenvalue weighted by Gasteiger charge is -2.10. The van der Waals surface area contributed by atoms with Crippen molar-refractivity contribution in [3.63, 3.8) is 0 Å². The smallest absolute Gasteiger partial charge is 0.295 e. The Labute approximate surface area is 167 Å². The maximum absolute atomic E-state index is 12.9. The second kappa shape index (κ2) is 7.58. The molecule has 0 saturated heterocycles. The number of anilines is 2. The van der Waals surface area contributed by atoms with E-state index in [1.807, 2.05) is 37.3 Å². The van der Waals surface area contributed by atoms with Gasteiger partial charge < -0.3 is 10.6 Å². The quantitative estimate of drug-likeness (QED) is 0.560. The van der Waals surface area contributed by atoms with Gasteiger partial charge in [0.15, 0.2) is 5.11 Å². The van der Waals surface area contributed by atoms with Crippen LogP contribution in [-0.2, 0) is 17.1 Å². The molecule has 0 fully saturated rings. The number of aromatic nitrogens is 2. The zero-order valence-corrected chi connectivity index (χ0v) is 16.8. The molecule has 0 aliphatic heterocycles. The highest BCUT2D eigenvalue weighted by molar-refractivity contribution is 7.89. The highest BCUT2D eigenvalue weighted by Crippen LogP contribution is 2.16. The normalized spacial score (nSPS) is 11.2. The Balaban J connectivity index is 1.82. The molecule has 10 heteroatoms. The Morgan fingerprint density at radius 1 is 1.04 bits per heavy atom. The molecule has 0 atom stereocenters. The third-order valence-corrected chi connectivity index (χ3v) is 5.37. The molecule has 8 nitrogen and oxygen atoms in total. The van der Waals surface area contributed by atoms with Crippen LogP contribution in [0.3, 0.4) is 0 Å². The Hall–Kier alpha value is -2.95. The monoisotopic (exact) mass is 417 g/mol. The summed E-state index contributed by atoms with van der Waals surface area (Å²) in [6, 6.07) is 15.1. The van der Waals surface area contributed by atoms with Crippen molar-refractivity contribution in [1.82, 2.24) is 9.36 Å². The summed E-state index contributed by atoms with van der Waals surface area (Å²) in [7, 11) is -1.97. The van der Waals surface area contributed by atoms with E-state index in [1.54, 1.807) is 16.4 Å². The van der Waals surface area contributed by atoms with Gasteiger partial charge in [0.25, 0.3) is 5.56 Å². The molecular formula is C18H19N5O3S2. The highest BCUT2D eigenvalue weighted by atomic mass is 32.2. The summed E-state index contributed by atoms with van der Waals surface area (Å²) in [5, 5.41) is 11.1. The summed E-state index contributed by atoms with van der Waals surface area (Å²) in [4.78, 5) is 12.9. The van der Waals surface area contributed by atoms with Crippen LogP contribution in [0.1, 0.15) is 5.69 Å². The van der Waals surface area contributed by atoms with Crippen LogP contribution >= 0.6 is 12.2 Å². The Morgan fingerprint density at radius 2 is 1.64 bits per heavy atom. The minimum Gasteiger partial charge on any atom is -0.332 e. The van der Waals surface area contributed by atoms with E-state index in [0.717, 1.165) is 5.69 Å². The number of hydrogen-bond donors (Lipinski definition) is 3. The van der Waals surface area contributed by atoms with E-state index in [9.17, 15) is 13.2 Å². The molecule has 1 heterocycles. The molecule has 2 aromatic carbocycles. The lowest BCUT2D eigenvalue weighted by molar-refractivity contribution is 0.598. The number of primary sulfonamides is 1. The van der Waals surface area contributed by atoms with Crippen LogP contribution in [-0.4, -0.2) is 22.9 Å². The zero-order valence-electron chi connectivity index (χ0n) is 15.2. The number of rotatable bonds is 4. The van der Waals surface area contributed by atoms with Crippen LogP contribution < -0.4 is 21.3 Å². The number of nitrogens with one attached hydrogen (secondary N) is 2. The van der Waals surface area contributed by atoms with Gasteiger partial charge in [0, 0.05) is 12.7 Å². The first-order valence-electron chi connectivity index (χ1n) is 8.23.